The van der Waals surface area contributed by atoms with E-state index in [2.05, 4.69) is 15.0 Å². The molecule has 0 unspecified atom stereocenters. The summed E-state index contributed by atoms with van der Waals surface area (Å²) < 4.78 is 69.0. The number of thiophene rings is 1. The Labute approximate surface area is 238 Å². The van der Waals surface area contributed by atoms with Crippen LogP contribution in [-0.4, -0.2) is 60.8 Å². The maximum atomic E-state index is 13.4. The lowest BCUT2D eigenvalue weighted by molar-refractivity contribution is -0.116. The van der Waals surface area contributed by atoms with Gasteiger partial charge in [-0.25, -0.2) is 8.42 Å². The Morgan fingerprint density at radius 2 is 1.43 bits per heavy atom. The maximum absolute atomic E-state index is 13.4. The van der Waals surface area contributed by atoms with Gasteiger partial charge in [0, 0.05) is 18.0 Å². The number of nitrogens with zero attached hydrogens (tertiary/aromatic N) is 2. The fourth-order valence-corrected chi connectivity index (χ4v) is 7.95. The average molecular weight is 626 g/mol. The van der Waals surface area contributed by atoms with Crippen LogP contribution in [0.25, 0.3) is 0 Å². The number of amides is 1. The molecule has 214 valence electrons. The highest BCUT2D eigenvalue weighted by Crippen LogP contribution is 2.38. The van der Waals surface area contributed by atoms with Crippen molar-refractivity contribution in [1.29, 1.82) is 5.26 Å². The van der Waals surface area contributed by atoms with E-state index in [4.69, 9.17) is 0 Å². The van der Waals surface area contributed by atoms with E-state index >= 15 is 0 Å². The lowest BCUT2D eigenvalue weighted by atomic mass is 9.90. The third kappa shape index (κ3) is 8.68. The molecule has 2 heterocycles. The summed E-state index contributed by atoms with van der Waals surface area (Å²) in [5, 5.41) is 13.2. The molecular weight excluding hydrogens is 599 g/mol. The summed E-state index contributed by atoms with van der Waals surface area (Å²) in [5.74, 6) is -0.756. The highest BCUT2D eigenvalue weighted by Gasteiger charge is 2.30. The van der Waals surface area contributed by atoms with Crippen LogP contribution in [0.3, 0.4) is 0 Å². The Morgan fingerprint density at radius 3 is 1.82 bits per heavy atom. The molecule has 0 bridgehead atoms. The summed E-state index contributed by atoms with van der Waals surface area (Å²) in [5.41, 5.74) is 2.98. The molecule has 3 aromatic rings. The van der Waals surface area contributed by atoms with Crippen molar-refractivity contribution >= 4 is 52.5 Å². The smallest absolute Gasteiger partial charge is 0.278 e. The zero-order valence-corrected chi connectivity index (χ0v) is 25.0. The molecular formula is C25H27N3O8S4. The van der Waals surface area contributed by atoms with Crippen LogP contribution in [0, 0.1) is 11.3 Å². The van der Waals surface area contributed by atoms with Gasteiger partial charge in [0.15, 0.2) is 0 Å². The zero-order chi connectivity index (χ0) is 29.7. The van der Waals surface area contributed by atoms with Crippen LogP contribution in [0.5, 0.6) is 0 Å². The molecule has 0 saturated carbocycles. The number of carbonyl (C=O) groups excluding carboxylic acids is 1. The Balaban J connectivity index is 0.000000424. The minimum absolute atomic E-state index is 0.226. The second kappa shape index (κ2) is 12.6. The molecule has 1 aromatic heterocycles. The van der Waals surface area contributed by atoms with Gasteiger partial charge >= 0.3 is 0 Å². The highest BCUT2D eigenvalue weighted by atomic mass is 32.3. The molecule has 0 fully saturated rings. The van der Waals surface area contributed by atoms with Gasteiger partial charge in [0.2, 0.25) is 15.9 Å². The molecule has 0 atom stereocenters. The van der Waals surface area contributed by atoms with Crippen molar-refractivity contribution in [1.82, 2.24) is 4.31 Å². The van der Waals surface area contributed by atoms with E-state index in [1.165, 1.54) is 21.9 Å². The molecule has 1 aliphatic heterocycles. The zero-order valence-electron chi connectivity index (χ0n) is 21.8. The van der Waals surface area contributed by atoms with E-state index in [9.17, 15) is 35.3 Å². The number of nitriles is 1. The number of anilines is 1. The van der Waals surface area contributed by atoms with Crippen LogP contribution in [0.2, 0.25) is 0 Å². The van der Waals surface area contributed by atoms with E-state index in [1.54, 1.807) is 0 Å². The van der Waals surface area contributed by atoms with Crippen molar-refractivity contribution in [2.45, 2.75) is 18.9 Å². The normalized spacial score (nSPS) is 14.0. The van der Waals surface area contributed by atoms with E-state index in [-0.39, 0.29) is 12.5 Å². The lowest BCUT2D eigenvalue weighted by Crippen LogP contribution is -2.34. The van der Waals surface area contributed by atoms with Gasteiger partial charge in [0.25, 0.3) is 20.2 Å². The van der Waals surface area contributed by atoms with Crippen LogP contribution in [0.1, 0.15) is 33.0 Å². The van der Waals surface area contributed by atoms with Crippen LogP contribution in [0.15, 0.2) is 60.7 Å². The van der Waals surface area contributed by atoms with Crippen LogP contribution < -0.4 is 5.32 Å². The van der Waals surface area contributed by atoms with Gasteiger partial charge in [-0.15, -0.1) is 15.0 Å². The third-order valence-electron chi connectivity index (χ3n) is 5.61. The number of carbonyl (C=O) groups is 1. The molecule has 40 heavy (non-hydrogen) atoms. The highest BCUT2D eigenvalue weighted by molar-refractivity contribution is 7.99. The first-order valence-corrected chi connectivity index (χ1v) is 17.9. The number of nitrogens with one attached hydrogen (secondary N) is 1. The predicted molar refractivity (Wildman–Crippen MR) is 152 cm³/mol. The summed E-state index contributed by atoms with van der Waals surface area (Å²) in [4.78, 5) is 14.2. The van der Waals surface area contributed by atoms with Crippen LogP contribution in [0.4, 0.5) is 5.00 Å². The van der Waals surface area contributed by atoms with E-state index < -0.39 is 36.2 Å². The van der Waals surface area contributed by atoms with E-state index in [0.29, 0.717) is 36.0 Å². The van der Waals surface area contributed by atoms with Crippen LogP contribution >= 0.6 is 11.3 Å². The molecule has 0 aliphatic carbocycles. The van der Waals surface area contributed by atoms with Gasteiger partial charge in [-0.3, -0.25) is 4.79 Å². The standard InChI is InChI=1S/C23H21N3O3S2.C2H6O5S2/c1-31(28,29)26-13-12-18-19(14-24)23(30-20(18)15-26)25-22(27)21(16-8-4-2-5-9-16)17-10-6-3-7-11-17;1-8(3,4)7-9(2,5)6/h2-11,21H,12-13,15H2,1H3,(H,25,27);1-2H3. The van der Waals surface area contributed by atoms with Crippen LogP contribution in [-0.2, 0) is 51.6 Å². The number of benzene rings is 2. The van der Waals surface area contributed by atoms with Gasteiger partial charge in [-0.2, -0.15) is 26.4 Å². The van der Waals surface area contributed by atoms with Gasteiger partial charge in [0.05, 0.1) is 30.2 Å². The average Bonchev–Trinajstić information content (AvgIpc) is 3.19. The minimum Gasteiger partial charge on any atom is -0.316 e. The molecule has 1 aliphatic rings. The van der Waals surface area contributed by atoms with Crippen molar-refractivity contribution < 1.29 is 33.7 Å². The molecule has 2 aromatic carbocycles. The Bertz CT molecular complexity index is 1660. The number of rotatable bonds is 7. The quantitative estimate of drug-likeness (QED) is 0.415. The molecule has 4 rings (SSSR count). The van der Waals surface area contributed by atoms with Gasteiger partial charge in [-0.1, -0.05) is 60.7 Å². The fraction of sp³-hybridized carbons (Fsp3) is 0.280. The predicted octanol–water partition coefficient (Wildman–Crippen LogP) is 2.63. The molecule has 0 radical (unpaired) electrons. The maximum Gasteiger partial charge on any atom is 0.278 e. The molecule has 15 heteroatoms. The number of hydrogen-bond acceptors (Lipinski definition) is 10. The number of fused-ring (bicyclic) bond motifs is 1. The fourth-order valence-electron chi connectivity index (χ4n) is 4.06. The lowest BCUT2D eigenvalue weighted by Gasteiger charge is -2.24. The molecule has 1 N–H and O–H groups in total. The van der Waals surface area contributed by atoms with Gasteiger partial charge < -0.3 is 5.32 Å². The van der Waals surface area contributed by atoms with Crippen molar-refractivity contribution in [3.63, 3.8) is 0 Å². The second-order valence-corrected chi connectivity index (χ2v) is 15.3. The first-order chi connectivity index (χ1) is 18.6. The molecule has 11 nitrogen and oxygen atoms in total. The summed E-state index contributed by atoms with van der Waals surface area (Å²) in [6, 6.07) is 21.2. The number of hydrogen-bond donors (Lipinski definition) is 1. The third-order valence-corrected chi connectivity index (χ3v) is 9.97. The summed E-state index contributed by atoms with van der Waals surface area (Å²) >= 11 is 1.28. The Kier molecular flexibility index (Phi) is 9.88. The summed E-state index contributed by atoms with van der Waals surface area (Å²) in [6.07, 6.45) is 2.96. The SMILES string of the molecule is CS(=O)(=O)N1CCc2c(sc(NC(=O)C(c3ccccc3)c3ccccc3)c2C#N)C1.CS(=O)(=O)OS(C)(=O)=O. The van der Waals surface area contributed by atoms with Crippen molar-refractivity contribution in [2.24, 2.45) is 0 Å². The minimum atomic E-state index is -3.87. The van der Waals surface area contributed by atoms with Crippen molar-refractivity contribution in [3.05, 3.63) is 87.8 Å². The Hall–Kier alpha value is -3.13. The topological polar surface area (TPSA) is 168 Å². The van der Waals surface area contributed by atoms with Gasteiger partial charge in [0.1, 0.15) is 11.1 Å². The molecule has 1 amide bonds. The monoisotopic (exact) mass is 625 g/mol. The first-order valence-electron chi connectivity index (χ1n) is 11.6. The van der Waals surface area contributed by atoms with Gasteiger partial charge in [-0.05, 0) is 23.1 Å². The van der Waals surface area contributed by atoms with E-state index in [0.717, 1.165) is 21.6 Å². The van der Waals surface area contributed by atoms with Crippen molar-refractivity contribution in [2.75, 3.05) is 30.6 Å². The molecule has 0 saturated heterocycles. The second-order valence-electron chi connectivity index (χ2n) is 8.89. The van der Waals surface area contributed by atoms with Crippen molar-refractivity contribution in [3.8, 4) is 6.07 Å². The number of sulfonamides is 1. The van der Waals surface area contributed by atoms with E-state index in [1.807, 2.05) is 60.7 Å². The first kappa shape index (κ1) is 31.4. The molecule has 0 spiro atoms. The summed E-state index contributed by atoms with van der Waals surface area (Å²) in [7, 11) is -11.1. The summed E-state index contributed by atoms with van der Waals surface area (Å²) in [6.45, 7) is 0.561. The Morgan fingerprint density at radius 1 is 0.925 bits per heavy atom. The largest absolute Gasteiger partial charge is 0.316 e.